The van der Waals surface area contributed by atoms with Gasteiger partial charge in [0.2, 0.25) is 0 Å². The Balaban J connectivity index is 2.20. The highest BCUT2D eigenvalue weighted by Crippen LogP contribution is 2.22. The predicted octanol–water partition coefficient (Wildman–Crippen LogP) is 1.88. The summed E-state index contributed by atoms with van der Waals surface area (Å²) >= 11 is 0. The Morgan fingerprint density at radius 1 is 1.50 bits per heavy atom. The summed E-state index contributed by atoms with van der Waals surface area (Å²) in [7, 11) is 0. The number of benzene rings is 1. The molecule has 1 aromatic rings. The van der Waals surface area contributed by atoms with Crippen LogP contribution < -0.4 is 0 Å². The van der Waals surface area contributed by atoms with E-state index in [0.717, 1.165) is 31.0 Å². The van der Waals surface area contributed by atoms with Crippen molar-refractivity contribution in [3.63, 3.8) is 0 Å². The highest BCUT2D eigenvalue weighted by atomic mass is 19.1. The average Bonchev–Trinajstić information content (AvgIpc) is 2.86. The molecule has 1 aliphatic rings. The van der Waals surface area contributed by atoms with Gasteiger partial charge < -0.3 is 10.2 Å². The molecular weight excluding hydrogens is 261 g/mol. The average molecular weight is 279 g/mol. The molecule has 0 saturated carbocycles. The van der Waals surface area contributed by atoms with Gasteiger partial charge in [-0.3, -0.25) is 4.90 Å². The Kier molecular flexibility index (Phi) is 4.87. The number of carboxylic acid groups (broad SMARTS) is 1. The molecule has 0 aromatic heterocycles. The summed E-state index contributed by atoms with van der Waals surface area (Å²) in [5, 5.41) is 18.0. The standard InChI is InChI=1S/C15H18FNO3/c16-13-5-3-12(11(8-13)4-6-15(19)20)9-17-7-1-2-14(17)10-18/h3-6,8,14,18H,1-2,7,9-10H2,(H,19,20). The Morgan fingerprint density at radius 3 is 3.00 bits per heavy atom. The molecule has 1 aliphatic heterocycles. The van der Waals surface area contributed by atoms with Crippen molar-refractivity contribution >= 4 is 12.0 Å². The second-order valence-corrected chi connectivity index (χ2v) is 4.96. The van der Waals surface area contributed by atoms with E-state index in [-0.39, 0.29) is 18.5 Å². The number of hydrogen-bond acceptors (Lipinski definition) is 3. The van der Waals surface area contributed by atoms with E-state index >= 15 is 0 Å². The quantitative estimate of drug-likeness (QED) is 0.808. The fourth-order valence-corrected chi connectivity index (χ4v) is 2.55. The molecule has 5 heteroatoms. The highest BCUT2D eigenvalue weighted by molar-refractivity contribution is 5.85. The van der Waals surface area contributed by atoms with Crippen LogP contribution in [0.25, 0.3) is 6.08 Å². The normalized spacial score (nSPS) is 19.8. The van der Waals surface area contributed by atoms with Crippen molar-refractivity contribution in [1.29, 1.82) is 0 Å². The summed E-state index contributed by atoms with van der Waals surface area (Å²) < 4.78 is 13.3. The number of aliphatic hydroxyl groups is 1. The van der Waals surface area contributed by atoms with Crippen molar-refractivity contribution in [2.24, 2.45) is 0 Å². The minimum Gasteiger partial charge on any atom is -0.478 e. The Labute approximate surface area is 117 Å². The molecule has 1 heterocycles. The van der Waals surface area contributed by atoms with Crippen molar-refractivity contribution in [2.45, 2.75) is 25.4 Å². The molecule has 0 aliphatic carbocycles. The van der Waals surface area contributed by atoms with Gasteiger partial charge in [0.1, 0.15) is 5.82 Å². The number of hydrogen-bond donors (Lipinski definition) is 2. The van der Waals surface area contributed by atoms with Crippen LogP contribution >= 0.6 is 0 Å². The summed E-state index contributed by atoms with van der Waals surface area (Å²) in [5.41, 5.74) is 1.43. The Morgan fingerprint density at radius 2 is 2.30 bits per heavy atom. The molecule has 1 unspecified atom stereocenters. The first kappa shape index (κ1) is 14.7. The molecule has 0 bridgehead atoms. The number of likely N-dealkylation sites (tertiary alicyclic amines) is 1. The van der Waals surface area contributed by atoms with Crippen LogP contribution in [0, 0.1) is 5.82 Å². The first-order valence-corrected chi connectivity index (χ1v) is 6.64. The van der Waals surface area contributed by atoms with Crippen molar-refractivity contribution < 1.29 is 19.4 Å². The summed E-state index contributed by atoms with van der Waals surface area (Å²) in [5.74, 6) is -1.45. The molecule has 1 atom stereocenters. The van der Waals surface area contributed by atoms with Crippen LogP contribution in [0.2, 0.25) is 0 Å². The second kappa shape index (κ2) is 6.63. The third-order valence-corrected chi connectivity index (χ3v) is 3.60. The molecule has 1 aromatic carbocycles. The lowest BCUT2D eigenvalue weighted by atomic mass is 10.1. The van der Waals surface area contributed by atoms with Crippen LogP contribution in [-0.2, 0) is 11.3 Å². The molecule has 2 N–H and O–H groups in total. The molecule has 20 heavy (non-hydrogen) atoms. The molecule has 0 spiro atoms. The van der Waals surface area contributed by atoms with Crippen LogP contribution in [-0.4, -0.2) is 40.3 Å². The summed E-state index contributed by atoms with van der Waals surface area (Å²) in [4.78, 5) is 12.7. The fraction of sp³-hybridized carbons (Fsp3) is 0.400. The Bertz CT molecular complexity index is 516. The topological polar surface area (TPSA) is 60.8 Å². The van der Waals surface area contributed by atoms with E-state index in [4.69, 9.17) is 5.11 Å². The van der Waals surface area contributed by atoms with Crippen LogP contribution in [0.3, 0.4) is 0 Å². The number of rotatable bonds is 5. The first-order valence-electron chi connectivity index (χ1n) is 6.64. The van der Waals surface area contributed by atoms with Gasteiger partial charge in [-0.25, -0.2) is 9.18 Å². The number of aliphatic carboxylic acids is 1. The maximum Gasteiger partial charge on any atom is 0.328 e. The summed E-state index contributed by atoms with van der Waals surface area (Å²) in [6.07, 6.45) is 4.40. The van der Waals surface area contributed by atoms with Crippen LogP contribution in [0.5, 0.6) is 0 Å². The monoisotopic (exact) mass is 279 g/mol. The molecule has 108 valence electrons. The minimum atomic E-state index is -1.06. The lowest BCUT2D eigenvalue weighted by Gasteiger charge is -2.23. The molecule has 1 fully saturated rings. The summed E-state index contributed by atoms with van der Waals surface area (Å²) in [6, 6.07) is 4.51. The van der Waals surface area contributed by atoms with Gasteiger partial charge in [0.15, 0.2) is 0 Å². The molecule has 2 rings (SSSR count). The zero-order chi connectivity index (χ0) is 14.5. The third-order valence-electron chi connectivity index (χ3n) is 3.60. The predicted molar refractivity (Wildman–Crippen MR) is 73.6 cm³/mol. The van der Waals surface area contributed by atoms with E-state index in [0.29, 0.717) is 12.1 Å². The van der Waals surface area contributed by atoms with E-state index in [2.05, 4.69) is 4.90 Å². The Hall–Kier alpha value is -1.72. The van der Waals surface area contributed by atoms with Gasteiger partial charge in [-0.2, -0.15) is 0 Å². The lowest BCUT2D eigenvalue weighted by Crippen LogP contribution is -2.31. The first-order chi connectivity index (χ1) is 9.60. The number of aliphatic hydroxyl groups excluding tert-OH is 1. The maximum atomic E-state index is 13.3. The van der Waals surface area contributed by atoms with Crippen LogP contribution in [0.15, 0.2) is 24.3 Å². The smallest absolute Gasteiger partial charge is 0.328 e. The van der Waals surface area contributed by atoms with Gasteiger partial charge in [0.25, 0.3) is 0 Å². The molecule has 0 radical (unpaired) electrons. The molecule has 1 saturated heterocycles. The molecule has 0 amide bonds. The number of carboxylic acids is 1. The van der Waals surface area contributed by atoms with Crippen molar-refractivity contribution in [3.8, 4) is 0 Å². The van der Waals surface area contributed by atoms with Gasteiger partial charge >= 0.3 is 5.97 Å². The molecule has 4 nitrogen and oxygen atoms in total. The number of halogens is 1. The SMILES string of the molecule is O=C(O)C=Cc1cc(F)ccc1CN1CCCC1CO. The van der Waals surface area contributed by atoms with Crippen LogP contribution in [0.1, 0.15) is 24.0 Å². The van der Waals surface area contributed by atoms with E-state index in [1.807, 2.05) is 0 Å². The van der Waals surface area contributed by atoms with Gasteiger partial charge in [-0.05, 0) is 48.7 Å². The number of carbonyl (C=O) groups is 1. The van der Waals surface area contributed by atoms with Gasteiger partial charge in [0, 0.05) is 18.7 Å². The third kappa shape index (κ3) is 3.65. The van der Waals surface area contributed by atoms with Crippen molar-refractivity contribution in [2.75, 3.05) is 13.2 Å². The largest absolute Gasteiger partial charge is 0.478 e. The van der Waals surface area contributed by atoms with Crippen LogP contribution in [0.4, 0.5) is 4.39 Å². The number of nitrogens with zero attached hydrogens (tertiary/aromatic N) is 1. The van der Waals surface area contributed by atoms with E-state index in [1.54, 1.807) is 6.07 Å². The molecular formula is C15H18FNO3. The zero-order valence-corrected chi connectivity index (χ0v) is 11.1. The zero-order valence-electron chi connectivity index (χ0n) is 11.1. The second-order valence-electron chi connectivity index (χ2n) is 4.96. The maximum absolute atomic E-state index is 13.3. The van der Waals surface area contributed by atoms with Gasteiger partial charge in [-0.1, -0.05) is 6.07 Å². The minimum absolute atomic E-state index is 0.113. The van der Waals surface area contributed by atoms with Gasteiger partial charge in [0.05, 0.1) is 6.61 Å². The fourth-order valence-electron chi connectivity index (χ4n) is 2.55. The highest BCUT2D eigenvalue weighted by Gasteiger charge is 2.24. The van der Waals surface area contributed by atoms with Crippen molar-refractivity contribution in [3.05, 3.63) is 41.2 Å². The van der Waals surface area contributed by atoms with Gasteiger partial charge in [-0.15, -0.1) is 0 Å². The van der Waals surface area contributed by atoms with E-state index in [9.17, 15) is 14.3 Å². The van der Waals surface area contributed by atoms with E-state index in [1.165, 1.54) is 18.2 Å². The summed E-state index contributed by atoms with van der Waals surface area (Å²) in [6.45, 7) is 1.59. The lowest BCUT2D eigenvalue weighted by molar-refractivity contribution is -0.131. The van der Waals surface area contributed by atoms with Crippen molar-refractivity contribution in [1.82, 2.24) is 4.90 Å². The van der Waals surface area contributed by atoms with E-state index < -0.39 is 5.97 Å².